The van der Waals surface area contributed by atoms with Gasteiger partial charge in [0.1, 0.15) is 16.2 Å². The number of anilines is 2. The molecule has 1 aliphatic heterocycles. The van der Waals surface area contributed by atoms with Gasteiger partial charge in [0.25, 0.3) is 25.8 Å². The molecule has 178 valence electrons. The molecule has 34 heavy (non-hydrogen) atoms. The molecule has 0 spiro atoms. The number of benzene rings is 1. The maximum absolute atomic E-state index is 13.4. The minimum absolute atomic E-state index is 0.0357. The predicted molar refractivity (Wildman–Crippen MR) is 125 cm³/mol. The Kier molecular flexibility index (Phi) is 5.00. The number of hydrogen-bond acceptors (Lipinski definition) is 9. The lowest BCUT2D eigenvalue weighted by Crippen LogP contribution is -2.42. The minimum atomic E-state index is -4.38. The van der Waals surface area contributed by atoms with E-state index < -0.39 is 31.5 Å². The number of nitrogens with zero attached hydrogens (tertiary/aromatic N) is 3. The molecule has 1 saturated carbocycles. The van der Waals surface area contributed by atoms with Crippen LogP contribution in [0.4, 0.5) is 11.4 Å². The van der Waals surface area contributed by atoms with Crippen molar-refractivity contribution in [2.75, 3.05) is 15.5 Å². The molecule has 0 amide bonds. The monoisotopic (exact) mass is 505 g/mol. The first kappa shape index (κ1) is 22.1. The van der Waals surface area contributed by atoms with Gasteiger partial charge >= 0.3 is 0 Å². The predicted octanol–water partition coefficient (Wildman–Crippen LogP) is 0.374. The van der Waals surface area contributed by atoms with Crippen LogP contribution in [0.2, 0.25) is 0 Å². The summed E-state index contributed by atoms with van der Waals surface area (Å²) in [6, 6.07) is 6.79. The van der Waals surface area contributed by atoms with Crippen molar-refractivity contribution in [3.8, 4) is 5.75 Å². The molecular weight excluding hydrogens is 486 g/mol. The van der Waals surface area contributed by atoms with Crippen LogP contribution in [0.15, 0.2) is 50.6 Å². The molecule has 2 aliphatic rings. The second kappa shape index (κ2) is 7.68. The van der Waals surface area contributed by atoms with Crippen LogP contribution in [0.3, 0.4) is 0 Å². The molecular formula is C19H19N7O6S2. The summed E-state index contributed by atoms with van der Waals surface area (Å²) >= 11 is 0. The second-order valence-corrected chi connectivity index (χ2v) is 10.8. The molecule has 1 aliphatic carbocycles. The SMILES string of the molecule is NS(=O)(=O)Nc1ccc2c(c1)S(=O)(=O)N=C(c1c(O)c3cccnc3n(NC3CCC3)c1=O)N2. The molecule has 0 saturated heterocycles. The molecule has 1 fully saturated rings. The number of nitrogens with one attached hydrogen (secondary N) is 3. The Balaban J connectivity index is 1.66. The Labute approximate surface area is 193 Å². The second-order valence-electron chi connectivity index (χ2n) is 7.89. The third-order valence-corrected chi connectivity index (χ3v) is 7.38. The van der Waals surface area contributed by atoms with Crippen LogP contribution in [-0.2, 0) is 20.2 Å². The molecule has 3 aromatic rings. The third kappa shape index (κ3) is 3.82. The van der Waals surface area contributed by atoms with E-state index in [9.17, 15) is 26.7 Å². The van der Waals surface area contributed by atoms with E-state index in [2.05, 4.69) is 20.1 Å². The molecule has 13 nitrogen and oxygen atoms in total. The van der Waals surface area contributed by atoms with Gasteiger partial charge in [0.2, 0.25) is 0 Å². The molecule has 5 rings (SSSR count). The smallest absolute Gasteiger partial charge is 0.296 e. The van der Waals surface area contributed by atoms with Gasteiger partial charge in [-0.2, -0.15) is 16.8 Å². The van der Waals surface area contributed by atoms with Crippen LogP contribution in [-0.4, -0.2) is 43.5 Å². The van der Waals surface area contributed by atoms with Gasteiger partial charge in [-0.25, -0.2) is 14.8 Å². The summed E-state index contributed by atoms with van der Waals surface area (Å²) in [6.45, 7) is 0. The Morgan fingerprint density at radius 3 is 2.68 bits per heavy atom. The van der Waals surface area contributed by atoms with Crippen LogP contribution >= 0.6 is 0 Å². The van der Waals surface area contributed by atoms with E-state index in [1.807, 2.05) is 4.72 Å². The fourth-order valence-electron chi connectivity index (χ4n) is 3.75. The van der Waals surface area contributed by atoms with Crippen molar-refractivity contribution in [1.82, 2.24) is 9.66 Å². The normalized spacial score (nSPS) is 17.3. The van der Waals surface area contributed by atoms with Crippen molar-refractivity contribution >= 4 is 48.5 Å². The number of sulfonamides is 1. The highest BCUT2D eigenvalue weighted by Gasteiger charge is 2.31. The third-order valence-electron chi connectivity index (χ3n) is 5.55. The molecule has 3 heterocycles. The van der Waals surface area contributed by atoms with E-state index in [1.165, 1.54) is 23.0 Å². The van der Waals surface area contributed by atoms with Crippen LogP contribution in [0.5, 0.6) is 5.75 Å². The van der Waals surface area contributed by atoms with Gasteiger partial charge < -0.3 is 15.8 Å². The summed E-state index contributed by atoms with van der Waals surface area (Å²) in [6.07, 6.45) is 4.19. The number of aromatic hydroxyl groups is 1. The van der Waals surface area contributed by atoms with E-state index in [0.29, 0.717) is 0 Å². The van der Waals surface area contributed by atoms with E-state index in [0.717, 1.165) is 25.3 Å². The van der Waals surface area contributed by atoms with E-state index in [1.54, 1.807) is 12.1 Å². The Hall–Kier alpha value is -3.69. The van der Waals surface area contributed by atoms with E-state index in [4.69, 9.17) is 5.14 Å². The number of aromatic nitrogens is 2. The summed E-state index contributed by atoms with van der Waals surface area (Å²) in [5.41, 5.74) is 2.15. The molecule has 0 unspecified atom stereocenters. The van der Waals surface area contributed by atoms with Crippen molar-refractivity contribution in [2.45, 2.75) is 30.2 Å². The molecule has 0 atom stereocenters. The highest BCUT2D eigenvalue weighted by Crippen LogP contribution is 2.33. The van der Waals surface area contributed by atoms with Crippen molar-refractivity contribution in [3.63, 3.8) is 0 Å². The molecule has 15 heteroatoms. The van der Waals surface area contributed by atoms with Crippen molar-refractivity contribution in [1.29, 1.82) is 0 Å². The Morgan fingerprint density at radius 1 is 1.24 bits per heavy atom. The lowest BCUT2D eigenvalue weighted by atomic mass is 9.94. The molecule has 1 aromatic carbocycles. The first-order valence-corrected chi connectivity index (χ1v) is 13.1. The first-order chi connectivity index (χ1) is 16.0. The van der Waals surface area contributed by atoms with Gasteiger partial charge in [-0.05, 0) is 49.6 Å². The van der Waals surface area contributed by atoms with E-state index >= 15 is 0 Å². The average Bonchev–Trinajstić information content (AvgIpc) is 2.71. The first-order valence-electron chi connectivity index (χ1n) is 10.1. The summed E-state index contributed by atoms with van der Waals surface area (Å²) in [4.78, 5) is 17.3. The number of amidine groups is 1. The van der Waals surface area contributed by atoms with Crippen molar-refractivity contribution < 1.29 is 21.9 Å². The number of pyridine rings is 2. The summed E-state index contributed by atoms with van der Waals surface area (Å²) in [5, 5.41) is 18.8. The molecule has 0 bridgehead atoms. The lowest BCUT2D eigenvalue weighted by molar-refractivity contribution is 0.413. The van der Waals surface area contributed by atoms with Crippen LogP contribution < -0.4 is 26.2 Å². The van der Waals surface area contributed by atoms with Gasteiger partial charge in [-0.1, -0.05) is 0 Å². The zero-order chi connectivity index (χ0) is 24.3. The number of fused-ring (bicyclic) bond motifs is 2. The van der Waals surface area contributed by atoms with Gasteiger partial charge in [0, 0.05) is 12.2 Å². The van der Waals surface area contributed by atoms with Crippen molar-refractivity contribution in [3.05, 3.63) is 52.4 Å². The Bertz CT molecular complexity index is 1640. The maximum atomic E-state index is 13.4. The quantitative estimate of drug-likeness (QED) is 0.325. The fourth-order valence-corrected chi connectivity index (χ4v) is 5.36. The molecule has 0 radical (unpaired) electrons. The number of hydrogen-bond donors (Lipinski definition) is 5. The average molecular weight is 506 g/mol. The highest BCUT2D eigenvalue weighted by molar-refractivity contribution is 7.91. The lowest BCUT2D eigenvalue weighted by Gasteiger charge is -2.29. The van der Waals surface area contributed by atoms with E-state index in [-0.39, 0.29) is 44.7 Å². The standard InChI is InChI=1S/C19H19N7O6S2/c20-34(31,32)24-11-6-7-13-14(9-11)33(29,30)25-17(22-13)15-16(27)12-5-2-8-21-18(12)26(19(15)28)23-10-3-1-4-10/h2,5-10,23-24,27H,1,3-4H2,(H,22,25)(H2,20,31,32). The summed E-state index contributed by atoms with van der Waals surface area (Å²) in [7, 11) is -8.51. The summed E-state index contributed by atoms with van der Waals surface area (Å²) < 4.78 is 55.3. The summed E-state index contributed by atoms with van der Waals surface area (Å²) in [5.74, 6) is -0.853. The van der Waals surface area contributed by atoms with Crippen molar-refractivity contribution in [2.24, 2.45) is 9.54 Å². The maximum Gasteiger partial charge on any atom is 0.296 e. The topological polar surface area (TPSA) is 198 Å². The fraction of sp³-hybridized carbons (Fsp3) is 0.211. The van der Waals surface area contributed by atoms with Crippen LogP contribution in [0.25, 0.3) is 11.0 Å². The zero-order valence-electron chi connectivity index (χ0n) is 17.4. The highest BCUT2D eigenvalue weighted by atomic mass is 32.2. The number of rotatable bonds is 5. The van der Waals surface area contributed by atoms with Gasteiger partial charge in [-0.3, -0.25) is 9.52 Å². The molecule has 6 N–H and O–H groups in total. The van der Waals surface area contributed by atoms with Crippen LogP contribution in [0, 0.1) is 0 Å². The van der Waals surface area contributed by atoms with Gasteiger partial charge in [0.15, 0.2) is 11.5 Å². The van der Waals surface area contributed by atoms with Crippen LogP contribution in [0.1, 0.15) is 24.8 Å². The Morgan fingerprint density at radius 2 is 2.00 bits per heavy atom. The number of nitrogens with two attached hydrogens (primary N) is 1. The minimum Gasteiger partial charge on any atom is -0.506 e. The van der Waals surface area contributed by atoms with Gasteiger partial charge in [-0.15, -0.1) is 4.40 Å². The molecule has 2 aromatic heterocycles. The zero-order valence-corrected chi connectivity index (χ0v) is 19.0. The van der Waals surface area contributed by atoms with Gasteiger partial charge in [0.05, 0.1) is 16.8 Å². The largest absolute Gasteiger partial charge is 0.506 e.